The highest BCUT2D eigenvalue weighted by molar-refractivity contribution is 7.99. The van der Waals surface area contributed by atoms with Gasteiger partial charge in [0.05, 0.1) is 12.8 Å². The van der Waals surface area contributed by atoms with Gasteiger partial charge in [0.1, 0.15) is 5.76 Å². The highest BCUT2D eigenvalue weighted by atomic mass is 32.2. The highest BCUT2D eigenvalue weighted by Crippen LogP contribution is 2.20. The van der Waals surface area contributed by atoms with Crippen molar-refractivity contribution in [1.29, 1.82) is 0 Å². The number of nitrogens with two attached hydrogens (primary N) is 1. The zero-order valence-electron chi connectivity index (χ0n) is 9.11. The number of nitrogens with zero attached hydrogens (tertiary/aromatic N) is 1. The lowest BCUT2D eigenvalue weighted by atomic mass is 10.2. The van der Waals surface area contributed by atoms with Crippen molar-refractivity contribution in [3.05, 3.63) is 23.7 Å². The summed E-state index contributed by atoms with van der Waals surface area (Å²) in [7, 11) is 0. The number of rotatable bonds is 3. The van der Waals surface area contributed by atoms with Gasteiger partial charge in [-0.3, -0.25) is 4.90 Å². The van der Waals surface area contributed by atoms with Gasteiger partial charge in [0.25, 0.3) is 0 Å². The molecule has 0 aliphatic carbocycles. The van der Waals surface area contributed by atoms with E-state index in [1.807, 2.05) is 17.8 Å². The SMILES string of the molecule is CC1CSCCN1Cc1ccoc1CN. The third-order valence-electron chi connectivity index (χ3n) is 2.90. The van der Waals surface area contributed by atoms with Crippen LogP contribution in [-0.2, 0) is 13.1 Å². The number of thioether (sulfide) groups is 1. The molecule has 0 amide bonds. The van der Waals surface area contributed by atoms with E-state index in [-0.39, 0.29) is 0 Å². The van der Waals surface area contributed by atoms with Gasteiger partial charge in [-0.05, 0) is 13.0 Å². The van der Waals surface area contributed by atoms with Crippen LogP contribution in [0.4, 0.5) is 0 Å². The Morgan fingerprint density at radius 1 is 1.67 bits per heavy atom. The van der Waals surface area contributed by atoms with Crippen LogP contribution in [-0.4, -0.2) is 29.0 Å². The fourth-order valence-corrected chi connectivity index (χ4v) is 2.98. The van der Waals surface area contributed by atoms with Crippen LogP contribution in [0.25, 0.3) is 0 Å². The zero-order chi connectivity index (χ0) is 10.7. The van der Waals surface area contributed by atoms with Gasteiger partial charge >= 0.3 is 0 Å². The van der Waals surface area contributed by atoms with E-state index in [2.05, 4.69) is 11.8 Å². The Kier molecular flexibility index (Phi) is 3.72. The summed E-state index contributed by atoms with van der Waals surface area (Å²) in [6.07, 6.45) is 1.74. The van der Waals surface area contributed by atoms with Gasteiger partial charge in [-0.25, -0.2) is 0 Å². The minimum absolute atomic E-state index is 0.499. The minimum atomic E-state index is 0.499. The summed E-state index contributed by atoms with van der Waals surface area (Å²) in [4.78, 5) is 2.50. The Hall–Kier alpha value is -0.450. The predicted octanol–water partition coefficient (Wildman–Crippen LogP) is 1.68. The second-order valence-corrected chi connectivity index (χ2v) is 5.12. The molecule has 1 saturated heterocycles. The number of hydrogen-bond donors (Lipinski definition) is 1. The van der Waals surface area contributed by atoms with Gasteiger partial charge in [-0.2, -0.15) is 11.8 Å². The van der Waals surface area contributed by atoms with Gasteiger partial charge in [-0.15, -0.1) is 0 Å². The van der Waals surface area contributed by atoms with Crippen molar-refractivity contribution in [3.63, 3.8) is 0 Å². The molecule has 3 nitrogen and oxygen atoms in total. The van der Waals surface area contributed by atoms with Gasteiger partial charge in [0, 0.05) is 36.2 Å². The summed E-state index contributed by atoms with van der Waals surface area (Å²) in [5, 5.41) is 0. The Balaban J connectivity index is 2.01. The van der Waals surface area contributed by atoms with E-state index in [1.54, 1.807) is 6.26 Å². The zero-order valence-corrected chi connectivity index (χ0v) is 9.93. The quantitative estimate of drug-likeness (QED) is 0.851. The van der Waals surface area contributed by atoms with Crippen molar-refractivity contribution < 1.29 is 4.42 Å². The molecule has 0 saturated carbocycles. The third-order valence-corrected chi connectivity index (χ3v) is 4.09. The van der Waals surface area contributed by atoms with Crippen LogP contribution in [0.2, 0.25) is 0 Å². The Bertz CT molecular complexity index is 313. The molecule has 2 N–H and O–H groups in total. The van der Waals surface area contributed by atoms with E-state index in [1.165, 1.54) is 23.6 Å². The van der Waals surface area contributed by atoms with E-state index < -0.39 is 0 Å². The molecule has 15 heavy (non-hydrogen) atoms. The molecule has 0 bridgehead atoms. The molecule has 84 valence electrons. The fraction of sp³-hybridized carbons (Fsp3) is 0.636. The van der Waals surface area contributed by atoms with Crippen molar-refractivity contribution in [1.82, 2.24) is 4.90 Å². The highest BCUT2D eigenvalue weighted by Gasteiger charge is 2.19. The average molecular weight is 226 g/mol. The maximum absolute atomic E-state index is 5.62. The second-order valence-electron chi connectivity index (χ2n) is 3.97. The largest absolute Gasteiger partial charge is 0.468 e. The minimum Gasteiger partial charge on any atom is -0.468 e. The molecule has 0 spiro atoms. The molecule has 0 radical (unpaired) electrons. The monoisotopic (exact) mass is 226 g/mol. The van der Waals surface area contributed by atoms with E-state index >= 15 is 0 Å². The number of furan rings is 1. The normalized spacial score (nSPS) is 23.2. The third kappa shape index (κ3) is 2.56. The first-order valence-electron chi connectivity index (χ1n) is 5.38. The van der Waals surface area contributed by atoms with Crippen molar-refractivity contribution in [3.8, 4) is 0 Å². The van der Waals surface area contributed by atoms with Gasteiger partial charge in [-0.1, -0.05) is 0 Å². The lowest BCUT2D eigenvalue weighted by molar-refractivity contribution is 0.222. The van der Waals surface area contributed by atoms with Crippen molar-refractivity contribution in [2.24, 2.45) is 5.73 Å². The predicted molar refractivity (Wildman–Crippen MR) is 63.8 cm³/mol. The molecule has 4 heteroatoms. The first kappa shape index (κ1) is 11.0. The van der Waals surface area contributed by atoms with Crippen molar-refractivity contribution >= 4 is 11.8 Å². The van der Waals surface area contributed by atoms with Crippen LogP contribution in [0.3, 0.4) is 0 Å². The molecule has 2 heterocycles. The molecule has 2 rings (SSSR count). The van der Waals surface area contributed by atoms with Crippen LogP contribution in [0, 0.1) is 0 Å². The lowest BCUT2D eigenvalue weighted by Crippen LogP contribution is -2.39. The molecule has 1 aliphatic heterocycles. The summed E-state index contributed by atoms with van der Waals surface area (Å²) < 4.78 is 5.33. The maximum atomic E-state index is 5.62. The van der Waals surface area contributed by atoms with Crippen LogP contribution in [0.5, 0.6) is 0 Å². The molecule has 1 aliphatic rings. The standard InChI is InChI=1S/C11H18N2OS/c1-9-8-15-5-3-13(9)7-10-2-4-14-11(10)6-12/h2,4,9H,3,5-8,12H2,1H3. The second kappa shape index (κ2) is 5.05. The van der Waals surface area contributed by atoms with Gasteiger partial charge in [0.2, 0.25) is 0 Å². The number of hydrogen-bond acceptors (Lipinski definition) is 4. The first-order valence-corrected chi connectivity index (χ1v) is 6.54. The van der Waals surface area contributed by atoms with Gasteiger partial charge in [0.15, 0.2) is 0 Å². The Morgan fingerprint density at radius 2 is 2.53 bits per heavy atom. The molecule has 0 aromatic carbocycles. The topological polar surface area (TPSA) is 42.4 Å². The smallest absolute Gasteiger partial charge is 0.121 e. The maximum Gasteiger partial charge on any atom is 0.121 e. The van der Waals surface area contributed by atoms with Crippen LogP contribution < -0.4 is 5.73 Å². The van der Waals surface area contributed by atoms with Crippen molar-refractivity contribution in [2.75, 3.05) is 18.1 Å². The van der Waals surface area contributed by atoms with Gasteiger partial charge < -0.3 is 10.2 Å². The van der Waals surface area contributed by atoms with Crippen LogP contribution in [0.15, 0.2) is 16.7 Å². The van der Waals surface area contributed by atoms with E-state index in [0.29, 0.717) is 12.6 Å². The molecule has 1 aromatic heterocycles. The molecule has 1 fully saturated rings. The molecule has 1 aromatic rings. The van der Waals surface area contributed by atoms with E-state index in [0.717, 1.165) is 12.3 Å². The fourth-order valence-electron chi connectivity index (χ4n) is 1.90. The Labute approximate surface area is 95.0 Å². The molecular formula is C11H18N2OS. The average Bonchev–Trinajstić information content (AvgIpc) is 2.69. The summed E-state index contributed by atoms with van der Waals surface area (Å²) in [6.45, 7) is 4.93. The van der Waals surface area contributed by atoms with Crippen LogP contribution >= 0.6 is 11.8 Å². The molecule has 1 unspecified atom stereocenters. The van der Waals surface area contributed by atoms with E-state index in [9.17, 15) is 0 Å². The summed E-state index contributed by atoms with van der Waals surface area (Å²) in [6, 6.07) is 2.70. The van der Waals surface area contributed by atoms with E-state index in [4.69, 9.17) is 10.2 Å². The summed E-state index contributed by atoms with van der Waals surface area (Å²) in [5.74, 6) is 3.40. The first-order chi connectivity index (χ1) is 7.31. The summed E-state index contributed by atoms with van der Waals surface area (Å²) >= 11 is 2.04. The lowest BCUT2D eigenvalue weighted by Gasteiger charge is -2.32. The van der Waals surface area contributed by atoms with Crippen molar-refractivity contribution in [2.45, 2.75) is 26.1 Å². The Morgan fingerprint density at radius 3 is 3.27 bits per heavy atom. The summed E-state index contributed by atoms with van der Waals surface area (Å²) in [5.41, 5.74) is 6.86. The van der Waals surface area contributed by atoms with Crippen LogP contribution in [0.1, 0.15) is 18.2 Å². The molecule has 1 atom stereocenters. The molecular weight excluding hydrogens is 208 g/mol.